The van der Waals surface area contributed by atoms with E-state index in [1.807, 2.05) is 11.7 Å². The number of hydrogen-bond acceptors (Lipinski definition) is 1. The van der Waals surface area contributed by atoms with Crippen LogP contribution in [0.5, 0.6) is 0 Å². The Bertz CT molecular complexity index is 283. The topological polar surface area (TPSA) is 34.8 Å². The van der Waals surface area contributed by atoms with Crippen molar-refractivity contribution in [3.63, 3.8) is 0 Å². The van der Waals surface area contributed by atoms with Crippen molar-refractivity contribution in [2.45, 2.75) is 25.7 Å². The summed E-state index contributed by atoms with van der Waals surface area (Å²) in [6, 6.07) is 0. The van der Waals surface area contributed by atoms with Crippen molar-refractivity contribution >= 4 is 5.82 Å². The Morgan fingerprint density at radius 1 is 1.33 bits per heavy atom. The molecule has 3 nitrogen and oxygen atoms in total. The molecule has 0 radical (unpaired) electrons. The van der Waals surface area contributed by atoms with Crippen molar-refractivity contribution in [2.75, 3.05) is 5.73 Å². The number of rotatable bonds is 0. The summed E-state index contributed by atoms with van der Waals surface area (Å²) in [5.74, 6) is 0.951. The second kappa shape index (κ2) is 2.51. The number of anilines is 1. The second-order valence-electron chi connectivity index (χ2n) is 3.56. The van der Waals surface area contributed by atoms with Crippen LogP contribution >= 0.6 is 0 Å². The van der Waals surface area contributed by atoms with Crippen molar-refractivity contribution in [2.24, 2.45) is 14.1 Å². The third-order valence-corrected chi connectivity index (χ3v) is 2.94. The summed E-state index contributed by atoms with van der Waals surface area (Å²) in [6.07, 6.45) is 4.96. The first-order chi connectivity index (χ1) is 5.72. The van der Waals surface area contributed by atoms with E-state index in [-0.39, 0.29) is 0 Å². The van der Waals surface area contributed by atoms with E-state index in [1.54, 1.807) is 0 Å². The molecule has 0 fully saturated rings. The Hall–Kier alpha value is -0.990. The van der Waals surface area contributed by atoms with Gasteiger partial charge in [0.25, 0.3) is 5.82 Å². The summed E-state index contributed by atoms with van der Waals surface area (Å²) in [4.78, 5) is 0. The Labute approximate surface area is 72.8 Å². The van der Waals surface area contributed by atoms with E-state index < -0.39 is 0 Å². The zero-order valence-corrected chi connectivity index (χ0v) is 7.80. The molecule has 0 spiro atoms. The number of nitrogens with two attached hydrogens (primary N) is 1. The number of nitrogen functional groups attached to an aromatic ring is 1. The zero-order valence-electron chi connectivity index (χ0n) is 7.80. The average molecular weight is 166 g/mol. The van der Waals surface area contributed by atoms with E-state index in [2.05, 4.69) is 11.7 Å². The van der Waals surface area contributed by atoms with Gasteiger partial charge in [-0.2, -0.15) is 4.68 Å². The molecule has 2 N–H and O–H groups in total. The first kappa shape index (κ1) is 7.65. The lowest BCUT2D eigenvalue weighted by Crippen LogP contribution is -2.40. The summed E-state index contributed by atoms with van der Waals surface area (Å²) in [5, 5.41) is 0. The molecule has 0 bridgehead atoms. The predicted octanol–water partition coefficient (Wildman–Crippen LogP) is 0.311. The lowest BCUT2D eigenvalue weighted by molar-refractivity contribution is -0.738. The van der Waals surface area contributed by atoms with Gasteiger partial charge in [-0.05, 0) is 25.7 Å². The standard InChI is InChI=1S/C9H15N3/c1-11-8-6-4-3-5-7(8)9(10)12(11)2/h10H,3-6H2,1-2H3/p+1. The molecular formula is C9H16N3+. The predicted molar refractivity (Wildman–Crippen MR) is 47.6 cm³/mol. The smallest absolute Gasteiger partial charge is 0.285 e. The van der Waals surface area contributed by atoms with E-state index in [0.717, 1.165) is 12.2 Å². The van der Waals surface area contributed by atoms with Gasteiger partial charge in [0, 0.05) is 7.05 Å². The highest BCUT2D eigenvalue weighted by molar-refractivity contribution is 5.39. The van der Waals surface area contributed by atoms with Crippen LogP contribution < -0.4 is 10.4 Å². The Kier molecular flexibility index (Phi) is 1.60. The van der Waals surface area contributed by atoms with Crippen LogP contribution in [0.1, 0.15) is 24.1 Å². The number of hydrogen-bond donors (Lipinski definition) is 1. The highest BCUT2D eigenvalue weighted by Gasteiger charge is 2.23. The van der Waals surface area contributed by atoms with E-state index in [0.29, 0.717) is 0 Å². The van der Waals surface area contributed by atoms with Gasteiger partial charge in [-0.25, -0.2) is 4.68 Å². The lowest BCUT2D eigenvalue weighted by Gasteiger charge is -2.09. The van der Waals surface area contributed by atoms with Crippen LogP contribution in [-0.2, 0) is 26.9 Å². The van der Waals surface area contributed by atoms with Crippen LogP contribution in [-0.4, -0.2) is 4.68 Å². The minimum Gasteiger partial charge on any atom is -0.285 e. The number of nitrogens with zero attached hydrogens (tertiary/aromatic N) is 2. The van der Waals surface area contributed by atoms with Gasteiger partial charge in [0.2, 0.25) is 0 Å². The molecule has 0 saturated heterocycles. The van der Waals surface area contributed by atoms with Gasteiger partial charge in [0.05, 0.1) is 11.3 Å². The Morgan fingerprint density at radius 2 is 2.00 bits per heavy atom. The molecule has 12 heavy (non-hydrogen) atoms. The summed E-state index contributed by atoms with van der Waals surface area (Å²) in [5.41, 5.74) is 8.78. The molecule has 66 valence electrons. The molecule has 1 aromatic rings. The quantitative estimate of drug-likeness (QED) is 0.553. The Balaban J connectivity index is 2.60. The van der Waals surface area contributed by atoms with Crippen molar-refractivity contribution in [3.05, 3.63) is 11.3 Å². The minimum absolute atomic E-state index is 0.951. The fourth-order valence-electron chi connectivity index (χ4n) is 2.06. The summed E-state index contributed by atoms with van der Waals surface area (Å²) in [6.45, 7) is 0. The highest BCUT2D eigenvalue weighted by Crippen LogP contribution is 2.23. The molecule has 1 heterocycles. The van der Waals surface area contributed by atoms with Gasteiger partial charge in [-0.1, -0.05) is 0 Å². The van der Waals surface area contributed by atoms with Gasteiger partial charge in [-0.3, -0.25) is 5.73 Å². The van der Waals surface area contributed by atoms with Gasteiger partial charge < -0.3 is 0 Å². The molecule has 0 saturated carbocycles. The second-order valence-corrected chi connectivity index (χ2v) is 3.56. The molecule has 1 aromatic heterocycles. The van der Waals surface area contributed by atoms with Gasteiger partial charge in [0.15, 0.2) is 0 Å². The van der Waals surface area contributed by atoms with E-state index >= 15 is 0 Å². The number of fused-ring (bicyclic) bond motifs is 1. The third kappa shape index (κ3) is 0.854. The van der Waals surface area contributed by atoms with E-state index in [4.69, 9.17) is 5.73 Å². The van der Waals surface area contributed by atoms with E-state index in [9.17, 15) is 0 Å². The van der Waals surface area contributed by atoms with Crippen LogP contribution in [0.2, 0.25) is 0 Å². The normalized spacial score (nSPS) is 16.2. The molecule has 1 aliphatic carbocycles. The maximum absolute atomic E-state index is 5.97. The zero-order chi connectivity index (χ0) is 8.72. The monoisotopic (exact) mass is 166 g/mol. The van der Waals surface area contributed by atoms with Crippen LogP contribution in [0, 0.1) is 0 Å². The van der Waals surface area contributed by atoms with Gasteiger partial charge >= 0.3 is 0 Å². The van der Waals surface area contributed by atoms with Crippen LogP contribution in [0.3, 0.4) is 0 Å². The first-order valence-electron chi connectivity index (χ1n) is 4.54. The van der Waals surface area contributed by atoms with Crippen LogP contribution in [0.15, 0.2) is 0 Å². The Morgan fingerprint density at radius 3 is 2.67 bits per heavy atom. The minimum atomic E-state index is 0.951. The molecule has 0 amide bonds. The molecule has 0 aliphatic heterocycles. The van der Waals surface area contributed by atoms with E-state index in [1.165, 1.54) is 30.5 Å². The fourth-order valence-corrected chi connectivity index (χ4v) is 2.06. The maximum atomic E-state index is 5.97. The van der Waals surface area contributed by atoms with Crippen molar-refractivity contribution in [1.82, 2.24) is 4.68 Å². The van der Waals surface area contributed by atoms with Gasteiger partial charge in [-0.15, -0.1) is 0 Å². The summed E-state index contributed by atoms with van der Waals surface area (Å²) < 4.78 is 4.21. The lowest BCUT2D eigenvalue weighted by atomic mass is 9.97. The first-order valence-corrected chi connectivity index (χ1v) is 4.54. The van der Waals surface area contributed by atoms with Gasteiger partial charge in [0.1, 0.15) is 7.05 Å². The van der Waals surface area contributed by atoms with Crippen molar-refractivity contribution in [1.29, 1.82) is 0 Å². The van der Waals surface area contributed by atoms with Crippen molar-refractivity contribution in [3.8, 4) is 0 Å². The maximum Gasteiger partial charge on any atom is 0.296 e. The molecule has 0 atom stereocenters. The third-order valence-electron chi connectivity index (χ3n) is 2.94. The molecular weight excluding hydrogens is 150 g/mol. The van der Waals surface area contributed by atoms with Crippen LogP contribution in [0.25, 0.3) is 0 Å². The number of aromatic nitrogens is 2. The van der Waals surface area contributed by atoms with Crippen molar-refractivity contribution < 1.29 is 4.68 Å². The SMILES string of the molecule is Cn1c2c(c(N)[n+]1C)CCCC2. The molecule has 0 unspecified atom stereocenters. The molecule has 1 aliphatic rings. The average Bonchev–Trinajstić information content (AvgIpc) is 2.33. The van der Waals surface area contributed by atoms with Crippen LogP contribution in [0.4, 0.5) is 5.82 Å². The molecule has 3 heteroatoms. The summed E-state index contributed by atoms with van der Waals surface area (Å²) >= 11 is 0. The molecule has 2 rings (SSSR count). The highest BCUT2D eigenvalue weighted by atomic mass is 15.4. The fraction of sp³-hybridized carbons (Fsp3) is 0.667. The largest absolute Gasteiger partial charge is 0.296 e. The molecule has 0 aromatic carbocycles. The summed E-state index contributed by atoms with van der Waals surface area (Å²) in [7, 11) is 4.11.